The fourth-order valence-corrected chi connectivity index (χ4v) is 1.98. The first kappa shape index (κ1) is 11.3. The van der Waals surface area contributed by atoms with E-state index in [9.17, 15) is 5.11 Å². The molecule has 1 heterocycles. The first-order valence-electron chi connectivity index (χ1n) is 5.95. The number of benzene rings is 2. The molecule has 0 saturated heterocycles. The molecular weight excluding hydrogens is 238 g/mol. The molecule has 1 aromatic heterocycles. The van der Waals surface area contributed by atoms with E-state index in [-0.39, 0.29) is 11.6 Å². The minimum absolute atomic E-state index is 0.00931. The van der Waals surface area contributed by atoms with E-state index < -0.39 is 0 Å². The summed E-state index contributed by atoms with van der Waals surface area (Å²) in [5.74, 6) is 0.250. The van der Waals surface area contributed by atoms with E-state index in [1.807, 2.05) is 60.7 Å². The van der Waals surface area contributed by atoms with E-state index in [2.05, 4.69) is 5.10 Å². The molecular formula is C15H13N3O. The summed E-state index contributed by atoms with van der Waals surface area (Å²) in [6.07, 6.45) is 0. The minimum atomic E-state index is 0.00931. The zero-order chi connectivity index (χ0) is 13.2. The molecule has 3 N–H and O–H groups in total. The molecule has 2 aromatic carbocycles. The van der Waals surface area contributed by atoms with E-state index in [0.717, 1.165) is 11.3 Å². The van der Waals surface area contributed by atoms with Crippen LogP contribution < -0.4 is 5.73 Å². The summed E-state index contributed by atoms with van der Waals surface area (Å²) in [5.41, 5.74) is 8.06. The first-order valence-corrected chi connectivity index (χ1v) is 5.95. The topological polar surface area (TPSA) is 64.1 Å². The van der Waals surface area contributed by atoms with Crippen LogP contribution in [0.2, 0.25) is 0 Å². The van der Waals surface area contributed by atoms with Gasteiger partial charge < -0.3 is 10.8 Å². The molecule has 0 bridgehead atoms. The summed E-state index contributed by atoms with van der Waals surface area (Å²) in [6, 6.07) is 19.0. The normalized spacial score (nSPS) is 10.5. The summed E-state index contributed by atoms with van der Waals surface area (Å²) in [6.45, 7) is 0. The number of para-hydroxylation sites is 1. The van der Waals surface area contributed by atoms with Crippen molar-refractivity contribution in [1.82, 2.24) is 9.78 Å². The lowest BCUT2D eigenvalue weighted by Crippen LogP contribution is -2.01. The standard InChI is InChI=1S/C15H13N3O/c16-15-14(19)13(11-7-3-1-4-8-11)17-18(15)12-9-5-2-6-10-12/h1-10,19H,16H2. The molecule has 4 heteroatoms. The number of rotatable bonds is 2. The van der Waals surface area contributed by atoms with Crippen molar-refractivity contribution in [3.05, 3.63) is 60.7 Å². The second-order valence-corrected chi connectivity index (χ2v) is 4.20. The van der Waals surface area contributed by atoms with Gasteiger partial charge in [-0.1, -0.05) is 48.5 Å². The van der Waals surface area contributed by atoms with Crippen LogP contribution in [0.4, 0.5) is 5.82 Å². The van der Waals surface area contributed by atoms with Crippen molar-refractivity contribution >= 4 is 5.82 Å². The number of aromatic hydroxyl groups is 1. The Kier molecular flexibility index (Phi) is 2.68. The van der Waals surface area contributed by atoms with Gasteiger partial charge >= 0.3 is 0 Å². The van der Waals surface area contributed by atoms with Gasteiger partial charge in [-0.05, 0) is 12.1 Å². The summed E-state index contributed by atoms with van der Waals surface area (Å²) in [5, 5.41) is 14.5. The van der Waals surface area contributed by atoms with Gasteiger partial charge in [0, 0.05) is 5.56 Å². The molecule has 0 spiro atoms. The van der Waals surface area contributed by atoms with Gasteiger partial charge in [0.2, 0.25) is 0 Å². The zero-order valence-corrected chi connectivity index (χ0v) is 10.2. The number of hydrogen-bond donors (Lipinski definition) is 2. The predicted molar refractivity (Wildman–Crippen MR) is 75.1 cm³/mol. The maximum absolute atomic E-state index is 10.1. The summed E-state index contributed by atoms with van der Waals surface area (Å²) >= 11 is 0. The fourth-order valence-electron chi connectivity index (χ4n) is 1.98. The van der Waals surface area contributed by atoms with Crippen molar-refractivity contribution in [1.29, 1.82) is 0 Å². The average Bonchev–Trinajstić information content (AvgIpc) is 2.77. The van der Waals surface area contributed by atoms with Crippen LogP contribution in [-0.2, 0) is 0 Å². The lowest BCUT2D eigenvalue weighted by molar-refractivity contribution is 0.480. The van der Waals surface area contributed by atoms with Crippen molar-refractivity contribution in [2.75, 3.05) is 5.73 Å². The molecule has 0 unspecified atom stereocenters. The van der Waals surface area contributed by atoms with Gasteiger partial charge in [0.25, 0.3) is 0 Å². The second kappa shape index (κ2) is 4.49. The largest absolute Gasteiger partial charge is 0.503 e. The second-order valence-electron chi connectivity index (χ2n) is 4.20. The van der Waals surface area contributed by atoms with Gasteiger partial charge in [0.15, 0.2) is 11.6 Å². The first-order chi connectivity index (χ1) is 9.27. The van der Waals surface area contributed by atoms with Gasteiger partial charge in [-0.3, -0.25) is 0 Å². The quantitative estimate of drug-likeness (QED) is 0.736. The Hall–Kier alpha value is -2.75. The highest BCUT2D eigenvalue weighted by Gasteiger charge is 2.16. The van der Waals surface area contributed by atoms with Crippen molar-refractivity contribution in [2.24, 2.45) is 0 Å². The van der Waals surface area contributed by atoms with E-state index in [1.165, 1.54) is 4.68 Å². The van der Waals surface area contributed by atoms with Crippen molar-refractivity contribution in [2.45, 2.75) is 0 Å². The molecule has 0 atom stereocenters. The van der Waals surface area contributed by atoms with Crippen molar-refractivity contribution < 1.29 is 5.11 Å². The highest BCUT2D eigenvalue weighted by molar-refractivity contribution is 5.73. The van der Waals surface area contributed by atoms with Crippen LogP contribution in [0.1, 0.15) is 0 Å². The highest BCUT2D eigenvalue weighted by atomic mass is 16.3. The van der Waals surface area contributed by atoms with Crippen LogP contribution in [0.3, 0.4) is 0 Å². The molecule has 19 heavy (non-hydrogen) atoms. The van der Waals surface area contributed by atoms with E-state index >= 15 is 0 Å². The van der Waals surface area contributed by atoms with Gasteiger partial charge in [-0.2, -0.15) is 5.10 Å². The molecule has 0 radical (unpaired) electrons. The molecule has 0 amide bonds. The van der Waals surface area contributed by atoms with Crippen molar-refractivity contribution in [3.8, 4) is 22.7 Å². The van der Waals surface area contributed by atoms with Crippen LogP contribution in [0, 0.1) is 0 Å². The molecule has 3 aromatic rings. The van der Waals surface area contributed by atoms with Crippen molar-refractivity contribution in [3.63, 3.8) is 0 Å². The van der Waals surface area contributed by atoms with Crippen LogP contribution in [0.25, 0.3) is 16.9 Å². The minimum Gasteiger partial charge on any atom is -0.503 e. The molecule has 0 aliphatic heterocycles. The fraction of sp³-hybridized carbons (Fsp3) is 0. The van der Waals surface area contributed by atoms with Crippen LogP contribution in [0.5, 0.6) is 5.75 Å². The molecule has 3 rings (SSSR count). The monoisotopic (exact) mass is 251 g/mol. The smallest absolute Gasteiger partial charge is 0.186 e. The number of anilines is 1. The molecule has 94 valence electrons. The number of nitrogen functional groups attached to an aromatic ring is 1. The van der Waals surface area contributed by atoms with Gasteiger partial charge in [-0.25, -0.2) is 4.68 Å². The number of nitrogens with zero attached hydrogens (tertiary/aromatic N) is 2. The van der Waals surface area contributed by atoms with E-state index in [0.29, 0.717) is 5.69 Å². The Labute approximate surface area is 110 Å². The summed E-state index contributed by atoms with van der Waals surface area (Å²) in [7, 11) is 0. The van der Waals surface area contributed by atoms with E-state index in [4.69, 9.17) is 5.73 Å². The summed E-state index contributed by atoms with van der Waals surface area (Å²) < 4.78 is 1.54. The molecule has 0 saturated carbocycles. The zero-order valence-electron chi connectivity index (χ0n) is 10.2. The maximum Gasteiger partial charge on any atom is 0.186 e. The molecule has 0 aliphatic carbocycles. The third-order valence-electron chi connectivity index (χ3n) is 2.94. The third-order valence-corrected chi connectivity index (χ3v) is 2.94. The molecule has 4 nitrogen and oxygen atoms in total. The van der Waals surface area contributed by atoms with E-state index in [1.54, 1.807) is 0 Å². The predicted octanol–water partition coefficient (Wildman–Crippen LogP) is 2.83. The molecule has 0 aliphatic rings. The summed E-state index contributed by atoms with van der Waals surface area (Å²) in [4.78, 5) is 0. The Morgan fingerprint density at radius 3 is 2.11 bits per heavy atom. The SMILES string of the molecule is Nc1c(O)c(-c2ccccc2)nn1-c1ccccc1. The average molecular weight is 251 g/mol. The van der Waals surface area contributed by atoms with Gasteiger partial charge in [0.05, 0.1) is 5.69 Å². The van der Waals surface area contributed by atoms with Crippen LogP contribution >= 0.6 is 0 Å². The number of hydrogen-bond acceptors (Lipinski definition) is 3. The Morgan fingerprint density at radius 1 is 0.895 bits per heavy atom. The number of aromatic nitrogens is 2. The lowest BCUT2D eigenvalue weighted by atomic mass is 10.1. The highest BCUT2D eigenvalue weighted by Crippen LogP contribution is 2.34. The molecule has 0 fully saturated rings. The Bertz CT molecular complexity index is 630. The Morgan fingerprint density at radius 2 is 1.47 bits per heavy atom. The van der Waals surface area contributed by atoms with Gasteiger partial charge in [0.1, 0.15) is 5.69 Å². The third kappa shape index (κ3) is 1.93. The van der Waals surface area contributed by atoms with Gasteiger partial charge in [-0.15, -0.1) is 0 Å². The maximum atomic E-state index is 10.1. The lowest BCUT2D eigenvalue weighted by Gasteiger charge is -2.02. The van der Waals surface area contributed by atoms with Crippen LogP contribution in [-0.4, -0.2) is 14.9 Å². The number of nitrogens with two attached hydrogens (primary N) is 1. The Balaban J connectivity index is 2.16. The van der Waals surface area contributed by atoms with Crippen LogP contribution in [0.15, 0.2) is 60.7 Å².